The van der Waals surface area contributed by atoms with Crippen LogP contribution >= 0.6 is 0 Å². The van der Waals surface area contributed by atoms with Gasteiger partial charge in [0, 0.05) is 17.7 Å². The van der Waals surface area contributed by atoms with Gasteiger partial charge in [-0.3, -0.25) is 4.79 Å². The summed E-state index contributed by atoms with van der Waals surface area (Å²) in [4.78, 5) is 11.1. The zero-order valence-corrected chi connectivity index (χ0v) is 11.0. The van der Waals surface area contributed by atoms with Gasteiger partial charge in [0.2, 0.25) is 5.91 Å². The molecule has 4 nitrogen and oxygen atoms in total. The molecule has 1 aromatic rings. The van der Waals surface area contributed by atoms with Crippen LogP contribution in [0.25, 0.3) is 0 Å². The van der Waals surface area contributed by atoms with Crippen LogP contribution in [0.5, 0.6) is 0 Å². The van der Waals surface area contributed by atoms with Crippen LogP contribution < -0.4 is 11.1 Å². The maximum Gasteiger partial charge on any atom is 0.248 e. The molecule has 1 atom stereocenters. The Morgan fingerprint density at radius 1 is 1.58 bits per heavy atom. The van der Waals surface area contributed by atoms with E-state index in [2.05, 4.69) is 5.32 Å². The fourth-order valence-electron chi connectivity index (χ4n) is 2.24. The molecule has 2 rings (SSSR count). The second kappa shape index (κ2) is 5.67. The van der Waals surface area contributed by atoms with E-state index in [0.29, 0.717) is 11.1 Å². The number of carbonyl (C=O) groups excluding carboxylic acids is 1. The highest BCUT2D eigenvalue weighted by atomic mass is 19.1. The van der Waals surface area contributed by atoms with E-state index in [1.165, 1.54) is 18.2 Å². The van der Waals surface area contributed by atoms with Crippen molar-refractivity contribution in [1.29, 1.82) is 0 Å². The second-order valence-electron chi connectivity index (χ2n) is 5.19. The van der Waals surface area contributed by atoms with E-state index in [1.54, 1.807) is 0 Å². The molecule has 19 heavy (non-hydrogen) atoms. The minimum absolute atomic E-state index is 0.144. The van der Waals surface area contributed by atoms with Crippen LogP contribution in [0.1, 0.15) is 35.7 Å². The predicted octanol–water partition coefficient (Wildman–Crippen LogP) is 1.58. The normalized spacial score (nSPS) is 23.3. The summed E-state index contributed by atoms with van der Waals surface area (Å²) < 4.78 is 19.5. The molecule has 0 radical (unpaired) electrons. The maximum absolute atomic E-state index is 13.7. The van der Waals surface area contributed by atoms with Crippen LogP contribution in [0.3, 0.4) is 0 Å². The van der Waals surface area contributed by atoms with Crippen molar-refractivity contribution in [2.24, 2.45) is 5.73 Å². The average molecular weight is 266 g/mol. The average Bonchev–Trinajstić information content (AvgIpc) is 2.38. The first-order chi connectivity index (χ1) is 9.00. The smallest absolute Gasteiger partial charge is 0.248 e. The molecule has 3 N–H and O–H groups in total. The molecule has 5 heteroatoms. The summed E-state index contributed by atoms with van der Waals surface area (Å²) in [7, 11) is 0. The highest BCUT2D eigenvalue weighted by Crippen LogP contribution is 2.22. The molecule has 1 fully saturated rings. The first-order valence-electron chi connectivity index (χ1n) is 6.43. The number of nitrogens with two attached hydrogens (primary N) is 1. The zero-order valence-electron chi connectivity index (χ0n) is 11.0. The number of hydrogen-bond donors (Lipinski definition) is 2. The Morgan fingerprint density at radius 3 is 3.00 bits per heavy atom. The van der Waals surface area contributed by atoms with Crippen LogP contribution in [0.4, 0.5) is 4.39 Å². The third-order valence-electron chi connectivity index (χ3n) is 3.46. The van der Waals surface area contributed by atoms with Gasteiger partial charge in [-0.2, -0.15) is 0 Å². The molecule has 0 saturated carbocycles. The van der Waals surface area contributed by atoms with Crippen LogP contribution in [0.15, 0.2) is 18.2 Å². The van der Waals surface area contributed by atoms with E-state index >= 15 is 0 Å². The summed E-state index contributed by atoms with van der Waals surface area (Å²) in [5.74, 6) is -0.941. The van der Waals surface area contributed by atoms with E-state index in [4.69, 9.17) is 10.5 Å². The number of carbonyl (C=O) groups is 1. The zero-order chi connectivity index (χ0) is 13.9. The number of halogens is 1. The number of benzene rings is 1. The van der Waals surface area contributed by atoms with Crippen molar-refractivity contribution in [1.82, 2.24) is 5.32 Å². The van der Waals surface area contributed by atoms with Crippen molar-refractivity contribution in [3.05, 3.63) is 35.1 Å². The molecule has 1 unspecified atom stereocenters. The number of amides is 1. The lowest BCUT2D eigenvalue weighted by atomic mass is 9.96. The van der Waals surface area contributed by atoms with Crippen molar-refractivity contribution in [3.8, 4) is 0 Å². The van der Waals surface area contributed by atoms with E-state index < -0.39 is 5.91 Å². The molecule has 1 aromatic carbocycles. The summed E-state index contributed by atoms with van der Waals surface area (Å²) in [6, 6.07) is 4.09. The lowest BCUT2D eigenvalue weighted by molar-refractivity contribution is -0.0580. The summed E-state index contributed by atoms with van der Waals surface area (Å²) in [5, 5.41) is 3.26. The van der Waals surface area contributed by atoms with E-state index in [0.717, 1.165) is 25.9 Å². The Balaban J connectivity index is 2.06. The van der Waals surface area contributed by atoms with Crippen molar-refractivity contribution >= 4 is 5.91 Å². The molecular weight excluding hydrogens is 247 g/mol. The minimum Gasteiger partial charge on any atom is -0.369 e. The molecule has 0 bridgehead atoms. The second-order valence-corrected chi connectivity index (χ2v) is 5.19. The molecule has 1 aliphatic rings. The van der Waals surface area contributed by atoms with E-state index in [9.17, 15) is 9.18 Å². The molecule has 104 valence electrons. The fourth-order valence-corrected chi connectivity index (χ4v) is 2.24. The van der Waals surface area contributed by atoms with Crippen molar-refractivity contribution < 1.29 is 13.9 Å². The topological polar surface area (TPSA) is 64.3 Å². The Hall–Kier alpha value is -1.46. The van der Waals surface area contributed by atoms with E-state index in [1.807, 2.05) is 6.92 Å². The van der Waals surface area contributed by atoms with Crippen LogP contribution in [0.2, 0.25) is 0 Å². The van der Waals surface area contributed by atoms with Gasteiger partial charge in [-0.15, -0.1) is 0 Å². The molecule has 0 aliphatic carbocycles. The van der Waals surface area contributed by atoms with Gasteiger partial charge >= 0.3 is 0 Å². The molecule has 0 aromatic heterocycles. The highest BCUT2D eigenvalue weighted by molar-refractivity contribution is 5.92. The quantitative estimate of drug-likeness (QED) is 0.869. The van der Waals surface area contributed by atoms with Gasteiger partial charge in [0.05, 0.1) is 12.2 Å². The molecule has 1 amide bonds. The molecule has 1 heterocycles. The van der Waals surface area contributed by atoms with Gasteiger partial charge in [0.25, 0.3) is 0 Å². The highest BCUT2D eigenvalue weighted by Gasteiger charge is 2.27. The Morgan fingerprint density at radius 2 is 2.37 bits per heavy atom. The van der Waals surface area contributed by atoms with Crippen LogP contribution in [-0.2, 0) is 11.3 Å². The third kappa shape index (κ3) is 3.52. The lowest BCUT2D eigenvalue weighted by Gasteiger charge is -2.34. The number of primary amides is 1. The number of piperidine rings is 1. The summed E-state index contributed by atoms with van der Waals surface area (Å²) >= 11 is 0. The number of rotatable bonds is 4. The van der Waals surface area contributed by atoms with Gasteiger partial charge < -0.3 is 15.8 Å². The standard InChI is InChI=1S/C14H19FN2O2/c1-14(5-2-6-17-9-14)19-8-11-7-10(13(16)18)3-4-12(11)15/h3-4,7,17H,2,5-6,8-9H2,1H3,(H2,16,18). The van der Waals surface area contributed by atoms with Gasteiger partial charge in [-0.1, -0.05) is 0 Å². The first-order valence-corrected chi connectivity index (χ1v) is 6.43. The van der Waals surface area contributed by atoms with Crippen molar-refractivity contribution in [3.63, 3.8) is 0 Å². The van der Waals surface area contributed by atoms with Gasteiger partial charge in [0.1, 0.15) is 5.82 Å². The molecular formula is C14H19FN2O2. The summed E-state index contributed by atoms with van der Waals surface area (Å²) in [6.07, 6.45) is 1.98. The Bertz CT molecular complexity index is 471. The van der Waals surface area contributed by atoms with Gasteiger partial charge in [0.15, 0.2) is 0 Å². The molecule has 1 saturated heterocycles. The van der Waals surface area contributed by atoms with E-state index in [-0.39, 0.29) is 18.0 Å². The predicted molar refractivity (Wildman–Crippen MR) is 70.2 cm³/mol. The SMILES string of the molecule is CC1(OCc2cc(C(N)=O)ccc2F)CCCNC1. The Labute approximate surface area is 112 Å². The number of nitrogens with one attached hydrogen (secondary N) is 1. The monoisotopic (exact) mass is 266 g/mol. The van der Waals surface area contributed by atoms with Gasteiger partial charge in [-0.05, 0) is 44.5 Å². The molecule has 0 spiro atoms. The summed E-state index contributed by atoms with van der Waals surface area (Å²) in [5.41, 5.74) is 5.56. The Kier molecular flexibility index (Phi) is 4.17. The summed E-state index contributed by atoms with van der Waals surface area (Å²) in [6.45, 7) is 3.90. The first kappa shape index (κ1) is 14.0. The number of ether oxygens (including phenoxy) is 1. The maximum atomic E-state index is 13.7. The van der Waals surface area contributed by atoms with Crippen molar-refractivity contribution in [2.45, 2.75) is 32.0 Å². The van der Waals surface area contributed by atoms with Crippen LogP contribution in [0, 0.1) is 5.82 Å². The fraction of sp³-hybridized carbons (Fsp3) is 0.500. The largest absolute Gasteiger partial charge is 0.369 e. The van der Waals surface area contributed by atoms with Crippen LogP contribution in [-0.4, -0.2) is 24.6 Å². The number of hydrogen-bond acceptors (Lipinski definition) is 3. The lowest BCUT2D eigenvalue weighted by Crippen LogP contribution is -2.45. The third-order valence-corrected chi connectivity index (χ3v) is 3.46. The minimum atomic E-state index is -0.563. The van der Waals surface area contributed by atoms with Gasteiger partial charge in [-0.25, -0.2) is 4.39 Å². The molecule has 1 aliphatic heterocycles. The van der Waals surface area contributed by atoms with Crippen molar-refractivity contribution in [2.75, 3.05) is 13.1 Å².